The number of halogens is 3. The van der Waals surface area contributed by atoms with E-state index in [1.807, 2.05) is 0 Å². The summed E-state index contributed by atoms with van der Waals surface area (Å²) in [4.78, 5) is 29.1. The number of alkyl halides is 3. The molecule has 0 unspecified atom stereocenters. The van der Waals surface area contributed by atoms with E-state index < -0.39 is 17.6 Å². The highest BCUT2D eigenvalue weighted by Gasteiger charge is 2.34. The monoisotopic (exact) mass is 468 g/mol. The van der Waals surface area contributed by atoms with E-state index in [2.05, 4.69) is 20.8 Å². The van der Waals surface area contributed by atoms with E-state index in [1.54, 1.807) is 38.1 Å². The number of pyridine rings is 1. The highest BCUT2D eigenvalue weighted by molar-refractivity contribution is 6.13. The summed E-state index contributed by atoms with van der Waals surface area (Å²) < 4.78 is 45.9. The van der Waals surface area contributed by atoms with Gasteiger partial charge in [0.05, 0.1) is 27.9 Å². The van der Waals surface area contributed by atoms with E-state index in [9.17, 15) is 22.8 Å². The number of rotatable bonds is 5. The zero-order chi connectivity index (χ0) is 24.5. The van der Waals surface area contributed by atoms with Crippen molar-refractivity contribution in [1.82, 2.24) is 10.1 Å². The van der Waals surface area contributed by atoms with Crippen LogP contribution in [0.3, 0.4) is 0 Å². The molecule has 10 heteroatoms. The molecule has 0 bridgehead atoms. The van der Waals surface area contributed by atoms with Crippen LogP contribution in [0.1, 0.15) is 35.0 Å². The van der Waals surface area contributed by atoms with Crippen molar-refractivity contribution >= 4 is 34.3 Å². The molecule has 0 fully saturated rings. The number of benzene rings is 2. The first-order valence-corrected chi connectivity index (χ1v) is 10.3. The third-order valence-corrected chi connectivity index (χ3v) is 5.10. The lowest BCUT2D eigenvalue weighted by Crippen LogP contribution is -2.14. The van der Waals surface area contributed by atoms with Crippen LogP contribution >= 0.6 is 0 Å². The van der Waals surface area contributed by atoms with Crippen molar-refractivity contribution < 1.29 is 27.3 Å². The number of aryl methyl sites for hydroxylation is 1. The van der Waals surface area contributed by atoms with Crippen LogP contribution < -0.4 is 10.6 Å². The maximum Gasteiger partial charge on any atom is 0.417 e. The molecule has 0 saturated carbocycles. The maximum absolute atomic E-state index is 13.6. The van der Waals surface area contributed by atoms with Gasteiger partial charge in [-0.05, 0) is 37.3 Å². The van der Waals surface area contributed by atoms with E-state index in [0.29, 0.717) is 28.9 Å². The minimum absolute atomic E-state index is 0.0544. The van der Waals surface area contributed by atoms with Crippen LogP contribution in [0.2, 0.25) is 0 Å². The first-order valence-electron chi connectivity index (χ1n) is 10.3. The van der Waals surface area contributed by atoms with E-state index in [4.69, 9.17) is 4.52 Å². The Balaban J connectivity index is 1.77. The number of carbonyl (C=O) groups excluding carboxylic acids is 2. The molecule has 0 aliphatic carbocycles. The van der Waals surface area contributed by atoms with Gasteiger partial charge in [0.1, 0.15) is 0 Å². The third-order valence-electron chi connectivity index (χ3n) is 5.10. The Hall–Kier alpha value is -4.21. The number of hydrogen-bond acceptors (Lipinski definition) is 5. The Bertz CT molecular complexity index is 1400. The molecule has 34 heavy (non-hydrogen) atoms. The van der Waals surface area contributed by atoms with E-state index in [1.165, 1.54) is 24.3 Å². The fourth-order valence-electron chi connectivity index (χ4n) is 3.49. The number of aromatic nitrogens is 2. The van der Waals surface area contributed by atoms with Crippen molar-refractivity contribution in [2.45, 2.75) is 26.4 Å². The number of carbonyl (C=O) groups is 2. The van der Waals surface area contributed by atoms with E-state index >= 15 is 0 Å². The SMILES string of the molecule is CCC(=O)Nc1cccc(NC(=O)c2cc(-c3ccccc3C(F)(F)F)nc3onc(C)c23)c1. The van der Waals surface area contributed by atoms with Gasteiger partial charge in [-0.15, -0.1) is 0 Å². The quantitative estimate of drug-likeness (QED) is 0.385. The zero-order valence-electron chi connectivity index (χ0n) is 18.2. The van der Waals surface area contributed by atoms with Gasteiger partial charge in [-0.25, -0.2) is 4.98 Å². The lowest BCUT2D eigenvalue weighted by atomic mass is 10.0. The van der Waals surface area contributed by atoms with Gasteiger partial charge in [-0.3, -0.25) is 9.59 Å². The number of anilines is 2. The number of nitrogens with zero attached hydrogens (tertiary/aromatic N) is 2. The molecular formula is C24H19F3N4O3. The second kappa shape index (κ2) is 8.97. The highest BCUT2D eigenvalue weighted by atomic mass is 19.4. The Morgan fingerprint density at radius 2 is 1.71 bits per heavy atom. The number of nitrogens with one attached hydrogen (secondary N) is 2. The van der Waals surface area contributed by atoms with Crippen molar-refractivity contribution in [2.75, 3.05) is 10.6 Å². The normalized spacial score (nSPS) is 11.4. The fraction of sp³-hybridized carbons (Fsp3) is 0.167. The molecule has 7 nitrogen and oxygen atoms in total. The van der Waals surface area contributed by atoms with Gasteiger partial charge in [0.2, 0.25) is 5.91 Å². The predicted octanol–water partition coefficient (Wildman–Crippen LogP) is 5.82. The molecule has 2 aromatic carbocycles. The van der Waals surface area contributed by atoms with Gasteiger partial charge in [-0.1, -0.05) is 36.3 Å². The summed E-state index contributed by atoms with van der Waals surface area (Å²) in [5.74, 6) is -0.782. The molecule has 0 saturated heterocycles. The van der Waals surface area contributed by atoms with Crippen LogP contribution in [-0.4, -0.2) is 22.0 Å². The number of hydrogen-bond donors (Lipinski definition) is 2. The largest absolute Gasteiger partial charge is 0.417 e. The maximum atomic E-state index is 13.6. The first kappa shape index (κ1) is 23.0. The molecule has 0 aliphatic heterocycles. The standard InChI is InChI=1S/C24H19F3N4O3/c1-3-20(32)28-14-7-6-8-15(11-14)29-22(33)17-12-19(30-23-21(17)13(2)31-34-23)16-9-4-5-10-18(16)24(25,26)27/h4-12H,3H2,1-2H3,(H,28,32)(H,29,33). The number of amides is 2. The molecule has 0 atom stereocenters. The van der Waals surface area contributed by atoms with Gasteiger partial charge in [0, 0.05) is 23.4 Å². The van der Waals surface area contributed by atoms with Gasteiger partial charge in [0.15, 0.2) is 0 Å². The molecule has 0 spiro atoms. The average molecular weight is 468 g/mol. The van der Waals surface area contributed by atoms with Crippen molar-refractivity contribution in [3.05, 3.63) is 71.4 Å². The van der Waals surface area contributed by atoms with Gasteiger partial charge in [0.25, 0.3) is 11.6 Å². The Kier molecular flexibility index (Phi) is 6.06. The molecule has 2 amide bonds. The van der Waals surface area contributed by atoms with Gasteiger partial charge < -0.3 is 15.2 Å². The Morgan fingerprint density at radius 1 is 1.00 bits per heavy atom. The van der Waals surface area contributed by atoms with Crippen LogP contribution in [0.4, 0.5) is 24.5 Å². The molecule has 174 valence electrons. The summed E-state index contributed by atoms with van der Waals surface area (Å²) in [6, 6.07) is 12.8. The second-order valence-electron chi connectivity index (χ2n) is 7.48. The summed E-state index contributed by atoms with van der Waals surface area (Å²) in [5.41, 5.74) is 0.0894. The molecule has 2 heterocycles. The minimum Gasteiger partial charge on any atom is -0.335 e. The topological polar surface area (TPSA) is 97.1 Å². The van der Waals surface area contributed by atoms with Crippen LogP contribution in [0, 0.1) is 6.92 Å². The van der Waals surface area contributed by atoms with Gasteiger partial charge >= 0.3 is 6.18 Å². The molecule has 2 N–H and O–H groups in total. The van der Waals surface area contributed by atoms with Crippen molar-refractivity contribution in [1.29, 1.82) is 0 Å². The first-order chi connectivity index (χ1) is 16.2. The van der Waals surface area contributed by atoms with Gasteiger partial charge in [-0.2, -0.15) is 13.2 Å². The second-order valence-corrected chi connectivity index (χ2v) is 7.48. The fourth-order valence-corrected chi connectivity index (χ4v) is 3.49. The molecule has 4 rings (SSSR count). The van der Waals surface area contributed by atoms with Crippen LogP contribution in [0.15, 0.2) is 59.1 Å². The molecule has 4 aromatic rings. The van der Waals surface area contributed by atoms with Crippen LogP contribution in [0.5, 0.6) is 0 Å². The lowest BCUT2D eigenvalue weighted by molar-refractivity contribution is -0.137. The van der Waals surface area contributed by atoms with Crippen molar-refractivity contribution in [2.24, 2.45) is 0 Å². The Morgan fingerprint density at radius 3 is 2.41 bits per heavy atom. The smallest absolute Gasteiger partial charge is 0.335 e. The third kappa shape index (κ3) is 4.61. The van der Waals surface area contributed by atoms with E-state index in [0.717, 1.165) is 6.07 Å². The van der Waals surface area contributed by atoms with E-state index in [-0.39, 0.29) is 28.4 Å². The summed E-state index contributed by atoms with van der Waals surface area (Å²) in [6.07, 6.45) is -4.32. The lowest BCUT2D eigenvalue weighted by Gasteiger charge is -2.13. The summed E-state index contributed by atoms with van der Waals surface area (Å²) in [7, 11) is 0. The minimum atomic E-state index is -4.61. The molecule has 0 aliphatic rings. The number of fused-ring (bicyclic) bond motifs is 1. The molecule has 2 aromatic heterocycles. The summed E-state index contributed by atoms with van der Waals surface area (Å²) >= 11 is 0. The van der Waals surface area contributed by atoms with Crippen LogP contribution in [0.25, 0.3) is 22.4 Å². The summed E-state index contributed by atoms with van der Waals surface area (Å²) in [5, 5.41) is 9.53. The highest BCUT2D eigenvalue weighted by Crippen LogP contribution is 2.37. The van der Waals surface area contributed by atoms with Crippen molar-refractivity contribution in [3.63, 3.8) is 0 Å². The predicted molar refractivity (Wildman–Crippen MR) is 120 cm³/mol. The molecular weight excluding hydrogens is 449 g/mol. The van der Waals surface area contributed by atoms with Crippen molar-refractivity contribution in [3.8, 4) is 11.3 Å². The zero-order valence-corrected chi connectivity index (χ0v) is 18.2. The molecule has 0 radical (unpaired) electrons. The average Bonchev–Trinajstić information content (AvgIpc) is 3.18. The van der Waals surface area contributed by atoms with Crippen LogP contribution in [-0.2, 0) is 11.0 Å². The summed E-state index contributed by atoms with van der Waals surface area (Å²) in [6.45, 7) is 3.32. The Labute approximate surface area is 192 Å².